The van der Waals surface area contributed by atoms with Crippen molar-refractivity contribution in [2.45, 2.75) is 54.9 Å². The molecular weight excluding hydrogens is 182 g/mol. The van der Waals surface area contributed by atoms with Crippen molar-refractivity contribution in [1.82, 2.24) is 0 Å². The lowest BCUT2D eigenvalue weighted by molar-refractivity contribution is 1.09. The van der Waals surface area contributed by atoms with Crippen LogP contribution in [0.15, 0.2) is 24.3 Å². The molecule has 0 radical (unpaired) electrons. The quantitative estimate of drug-likeness (QED) is 0.597. The molecule has 0 aliphatic heterocycles. The van der Waals surface area contributed by atoms with Gasteiger partial charge < -0.3 is 5.73 Å². The first-order valence-electron chi connectivity index (χ1n) is 6.02. The van der Waals surface area contributed by atoms with Gasteiger partial charge in [-0.25, -0.2) is 0 Å². The average Bonchev–Trinajstić information content (AvgIpc) is 2.24. The first-order chi connectivity index (χ1) is 7.20. The summed E-state index contributed by atoms with van der Waals surface area (Å²) >= 11 is 0. The summed E-state index contributed by atoms with van der Waals surface area (Å²) in [6, 6.07) is 7.80. The fourth-order valence-electron chi connectivity index (χ4n) is 0.670. The fourth-order valence-corrected chi connectivity index (χ4v) is 0.670. The van der Waals surface area contributed by atoms with Crippen LogP contribution in [0, 0.1) is 6.92 Å². The van der Waals surface area contributed by atoms with Crippen LogP contribution in [0.1, 0.15) is 53.5 Å². The van der Waals surface area contributed by atoms with Gasteiger partial charge in [0, 0.05) is 5.69 Å². The van der Waals surface area contributed by atoms with Crippen LogP contribution in [0.4, 0.5) is 5.69 Å². The molecule has 0 spiro atoms. The van der Waals surface area contributed by atoms with Crippen molar-refractivity contribution in [2.24, 2.45) is 0 Å². The Kier molecular flexibility index (Phi) is 24.4. The lowest BCUT2D eigenvalue weighted by Gasteiger charge is -1.91. The maximum absolute atomic E-state index is 5.46. The predicted octanol–water partition coefficient (Wildman–Crippen LogP) is 5.05. The molecule has 1 rings (SSSR count). The van der Waals surface area contributed by atoms with E-state index in [0.717, 1.165) is 5.69 Å². The minimum atomic E-state index is 0.838. The summed E-state index contributed by atoms with van der Waals surface area (Å²) in [6.45, 7) is 14.3. The van der Waals surface area contributed by atoms with Gasteiger partial charge in [-0.2, -0.15) is 0 Å². The molecule has 0 aromatic heterocycles. The molecule has 0 fully saturated rings. The number of rotatable bonds is 0. The van der Waals surface area contributed by atoms with E-state index in [2.05, 4.69) is 13.8 Å². The Balaban J connectivity index is -0.000000176. The number of nitrogen functional groups attached to an aromatic ring is 1. The molecule has 0 aliphatic rings. The monoisotopic (exact) mass is 211 g/mol. The number of aryl methyl sites for hydroxylation is 1. The molecule has 0 bridgehead atoms. The lowest BCUT2D eigenvalue weighted by Crippen LogP contribution is -1.82. The van der Waals surface area contributed by atoms with Crippen LogP contribution in [0.2, 0.25) is 0 Å². The van der Waals surface area contributed by atoms with E-state index in [1.807, 2.05) is 58.9 Å². The minimum absolute atomic E-state index is 0.838. The molecule has 1 nitrogen and oxygen atoms in total. The van der Waals surface area contributed by atoms with Gasteiger partial charge in [0.05, 0.1) is 0 Å². The zero-order valence-electron chi connectivity index (χ0n) is 11.6. The van der Waals surface area contributed by atoms with Crippen molar-refractivity contribution in [2.75, 3.05) is 5.73 Å². The van der Waals surface area contributed by atoms with Crippen LogP contribution in [0.3, 0.4) is 0 Å². The fraction of sp³-hybridized carbons (Fsp3) is 0.571. The Morgan fingerprint density at radius 3 is 1.60 bits per heavy atom. The molecule has 0 saturated heterocycles. The highest BCUT2D eigenvalue weighted by atomic mass is 14.5. The average molecular weight is 211 g/mol. The van der Waals surface area contributed by atoms with Crippen LogP contribution >= 0.6 is 0 Å². The normalized spacial score (nSPS) is 6.87. The Hall–Kier alpha value is -0.980. The van der Waals surface area contributed by atoms with Crippen molar-refractivity contribution >= 4 is 5.69 Å². The number of hydrogen-bond acceptors (Lipinski definition) is 1. The highest BCUT2D eigenvalue weighted by Crippen LogP contribution is 2.03. The Morgan fingerprint density at radius 2 is 1.40 bits per heavy atom. The molecule has 1 aromatic carbocycles. The first-order valence-corrected chi connectivity index (χ1v) is 6.02. The van der Waals surface area contributed by atoms with E-state index in [9.17, 15) is 0 Å². The first kappa shape index (κ1) is 19.6. The van der Waals surface area contributed by atoms with Gasteiger partial charge in [0.15, 0.2) is 0 Å². The zero-order valence-corrected chi connectivity index (χ0v) is 11.6. The third-order valence-corrected chi connectivity index (χ3v) is 1.04. The highest BCUT2D eigenvalue weighted by molar-refractivity contribution is 5.39. The lowest BCUT2D eigenvalue weighted by atomic mass is 10.2. The second-order valence-corrected chi connectivity index (χ2v) is 2.62. The van der Waals surface area contributed by atoms with E-state index >= 15 is 0 Å². The predicted molar refractivity (Wildman–Crippen MR) is 74.3 cm³/mol. The SMILES string of the molecule is CC.CC.CCC.Cc1cccc(N)c1. The summed E-state index contributed by atoms with van der Waals surface area (Å²) in [6.07, 6.45) is 1.25. The Bertz CT molecular complexity index is 177. The van der Waals surface area contributed by atoms with Gasteiger partial charge >= 0.3 is 0 Å². The van der Waals surface area contributed by atoms with E-state index in [4.69, 9.17) is 5.73 Å². The van der Waals surface area contributed by atoms with E-state index in [-0.39, 0.29) is 0 Å². The number of hydrogen-bond donors (Lipinski definition) is 1. The van der Waals surface area contributed by atoms with Crippen molar-refractivity contribution in [3.8, 4) is 0 Å². The number of anilines is 1. The number of benzene rings is 1. The van der Waals surface area contributed by atoms with Gasteiger partial charge in [-0.15, -0.1) is 0 Å². The smallest absolute Gasteiger partial charge is 0.0316 e. The number of nitrogens with two attached hydrogens (primary N) is 1. The Labute approximate surface area is 96.7 Å². The van der Waals surface area contributed by atoms with Crippen LogP contribution in [0.25, 0.3) is 0 Å². The highest BCUT2D eigenvalue weighted by Gasteiger charge is 1.81. The van der Waals surface area contributed by atoms with Gasteiger partial charge in [-0.1, -0.05) is 60.1 Å². The molecule has 0 saturated carbocycles. The van der Waals surface area contributed by atoms with Crippen LogP contribution in [-0.4, -0.2) is 0 Å². The summed E-state index contributed by atoms with van der Waals surface area (Å²) in [5.74, 6) is 0. The van der Waals surface area contributed by atoms with Crippen molar-refractivity contribution in [1.29, 1.82) is 0 Å². The summed E-state index contributed by atoms with van der Waals surface area (Å²) in [5.41, 5.74) is 7.51. The minimum Gasteiger partial charge on any atom is -0.399 e. The summed E-state index contributed by atoms with van der Waals surface area (Å²) in [4.78, 5) is 0. The maximum atomic E-state index is 5.46. The molecule has 0 heterocycles. The molecule has 0 amide bonds. The second-order valence-electron chi connectivity index (χ2n) is 2.62. The van der Waals surface area contributed by atoms with Crippen molar-refractivity contribution in [3.05, 3.63) is 29.8 Å². The third-order valence-electron chi connectivity index (χ3n) is 1.04. The van der Waals surface area contributed by atoms with Crippen LogP contribution in [0.5, 0.6) is 0 Å². The topological polar surface area (TPSA) is 26.0 Å². The second kappa shape index (κ2) is 18.7. The van der Waals surface area contributed by atoms with E-state index in [0.29, 0.717) is 0 Å². The van der Waals surface area contributed by atoms with Crippen molar-refractivity contribution in [3.63, 3.8) is 0 Å². The molecular formula is C14H29N. The molecule has 1 aromatic rings. The van der Waals surface area contributed by atoms with E-state index < -0.39 is 0 Å². The zero-order chi connectivity index (χ0) is 12.7. The standard InChI is InChI=1S/C7H9N.C3H8.2C2H6/c1-6-3-2-4-7(8)5-6;1-3-2;2*1-2/h2-5H,8H2,1H3;3H2,1-2H3;2*1-2H3. The van der Waals surface area contributed by atoms with Gasteiger partial charge in [-0.05, 0) is 24.6 Å². The van der Waals surface area contributed by atoms with Crippen LogP contribution < -0.4 is 5.73 Å². The van der Waals surface area contributed by atoms with Crippen molar-refractivity contribution < 1.29 is 0 Å². The molecule has 90 valence electrons. The molecule has 0 atom stereocenters. The third kappa shape index (κ3) is 19.4. The van der Waals surface area contributed by atoms with Crippen LogP contribution in [-0.2, 0) is 0 Å². The molecule has 1 heteroatoms. The van der Waals surface area contributed by atoms with Gasteiger partial charge in [0.2, 0.25) is 0 Å². The van der Waals surface area contributed by atoms with E-state index in [1.165, 1.54) is 12.0 Å². The van der Waals surface area contributed by atoms with Gasteiger partial charge in [0.1, 0.15) is 0 Å². The molecule has 0 unspecified atom stereocenters. The summed E-state index contributed by atoms with van der Waals surface area (Å²) in [5, 5.41) is 0. The molecule has 15 heavy (non-hydrogen) atoms. The summed E-state index contributed by atoms with van der Waals surface area (Å²) < 4.78 is 0. The maximum Gasteiger partial charge on any atom is 0.0316 e. The molecule has 2 N–H and O–H groups in total. The summed E-state index contributed by atoms with van der Waals surface area (Å²) in [7, 11) is 0. The van der Waals surface area contributed by atoms with Gasteiger partial charge in [-0.3, -0.25) is 0 Å². The van der Waals surface area contributed by atoms with E-state index in [1.54, 1.807) is 0 Å². The molecule has 0 aliphatic carbocycles. The largest absolute Gasteiger partial charge is 0.399 e. The Morgan fingerprint density at radius 1 is 1.00 bits per heavy atom. The van der Waals surface area contributed by atoms with Gasteiger partial charge in [0.25, 0.3) is 0 Å².